The molecule has 1 aliphatic carbocycles. The van der Waals surface area contributed by atoms with E-state index >= 15 is 0 Å². The third-order valence-corrected chi connectivity index (χ3v) is 5.13. The van der Waals surface area contributed by atoms with Gasteiger partial charge in [-0.25, -0.2) is 9.48 Å². The van der Waals surface area contributed by atoms with E-state index in [-0.39, 0.29) is 17.7 Å². The van der Waals surface area contributed by atoms with Crippen LogP contribution in [-0.4, -0.2) is 37.1 Å². The fourth-order valence-corrected chi connectivity index (χ4v) is 3.64. The molecule has 1 aliphatic rings. The first-order valence-electron chi connectivity index (χ1n) is 9.39. The van der Waals surface area contributed by atoms with Crippen LogP contribution in [0.2, 0.25) is 0 Å². The van der Waals surface area contributed by atoms with Crippen molar-refractivity contribution in [1.29, 1.82) is 0 Å². The zero-order chi connectivity index (χ0) is 19.5. The second-order valence-corrected chi connectivity index (χ2v) is 7.04. The Morgan fingerprint density at radius 3 is 2.57 bits per heavy atom. The van der Waals surface area contributed by atoms with Crippen molar-refractivity contribution in [3.05, 3.63) is 60.4 Å². The van der Waals surface area contributed by atoms with Crippen molar-refractivity contribution in [3.63, 3.8) is 0 Å². The van der Waals surface area contributed by atoms with Gasteiger partial charge in [-0.1, -0.05) is 30.3 Å². The highest BCUT2D eigenvalue weighted by atomic mass is 16.4. The Bertz CT molecular complexity index is 963. The van der Waals surface area contributed by atoms with Crippen molar-refractivity contribution in [1.82, 2.24) is 14.8 Å². The van der Waals surface area contributed by atoms with Gasteiger partial charge in [-0.05, 0) is 31.7 Å². The third-order valence-electron chi connectivity index (χ3n) is 5.13. The van der Waals surface area contributed by atoms with Gasteiger partial charge in [0, 0.05) is 17.8 Å². The molecule has 3 aromatic rings. The molecule has 0 spiro atoms. The Morgan fingerprint density at radius 1 is 1.11 bits per heavy atom. The molecule has 144 valence electrons. The number of benzene rings is 1. The predicted octanol–water partition coefficient (Wildman–Crippen LogP) is 3.86. The largest absolute Gasteiger partial charge is 0.478 e. The smallest absolute Gasteiger partial charge is 0.337 e. The minimum absolute atomic E-state index is 0.147. The maximum atomic E-state index is 11.5. The molecule has 7 heteroatoms. The van der Waals surface area contributed by atoms with E-state index in [9.17, 15) is 15.0 Å². The molecular weight excluding hydrogens is 356 g/mol. The summed E-state index contributed by atoms with van der Waals surface area (Å²) in [4.78, 5) is 15.6. The minimum atomic E-state index is -1.01. The summed E-state index contributed by atoms with van der Waals surface area (Å²) in [5.41, 5.74) is 2.38. The van der Waals surface area contributed by atoms with Gasteiger partial charge in [-0.2, -0.15) is 5.10 Å². The highest BCUT2D eigenvalue weighted by Gasteiger charge is 2.25. The molecule has 1 fully saturated rings. The van der Waals surface area contributed by atoms with E-state index in [4.69, 9.17) is 5.10 Å². The fraction of sp³-hybridized carbons (Fsp3) is 0.286. The summed E-state index contributed by atoms with van der Waals surface area (Å²) in [5, 5.41) is 27.3. The Labute approximate surface area is 162 Å². The number of aliphatic hydroxyl groups is 1. The van der Waals surface area contributed by atoms with E-state index in [0.29, 0.717) is 5.69 Å². The lowest BCUT2D eigenvalue weighted by Crippen LogP contribution is -2.22. The molecule has 0 radical (unpaired) electrons. The normalized spacial score (nSPS) is 19.3. The SMILES string of the molecule is O=C(O)c1ccncc1Nc1cc(-c2ccccc2)nn1[C@H]1CC[C@H](O)CC1. The van der Waals surface area contributed by atoms with Crippen molar-refractivity contribution in [2.45, 2.75) is 37.8 Å². The molecule has 1 saturated carbocycles. The summed E-state index contributed by atoms with van der Waals surface area (Å²) in [5.74, 6) is -0.296. The van der Waals surface area contributed by atoms with Crippen LogP contribution in [0.1, 0.15) is 42.1 Å². The van der Waals surface area contributed by atoms with Crippen molar-refractivity contribution in [3.8, 4) is 11.3 Å². The monoisotopic (exact) mass is 378 g/mol. The molecular formula is C21H22N4O3. The maximum Gasteiger partial charge on any atom is 0.337 e. The third kappa shape index (κ3) is 3.75. The van der Waals surface area contributed by atoms with Gasteiger partial charge < -0.3 is 15.5 Å². The molecule has 1 aromatic carbocycles. The first kappa shape index (κ1) is 18.2. The van der Waals surface area contributed by atoms with Crippen LogP contribution in [0, 0.1) is 0 Å². The number of aliphatic hydroxyl groups excluding tert-OH is 1. The number of rotatable bonds is 5. The van der Waals surface area contributed by atoms with Gasteiger partial charge in [-0.15, -0.1) is 0 Å². The lowest BCUT2D eigenvalue weighted by Gasteiger charge is -2.27. The van der Waals surface area contributed by atoms with Gasteiger partial charge in [-0.3, -0.25) is 4.98 Å². The molecule has 2 aromatic heterocycles. The number of carboxylic acids is 1. The number of anilines is 2. The maximum absolute atomic E-state index is 11.5. The standard InChI is InChI=1S/C21H22N4O3/c26-16-8-6-15(7-9-16)25-20(12-18(24-25)14-4-2-1-3-5-14)23-19-13-22-11-10-17(19)21(27)28/h1-5,10-13,15-16,23,26H,6-9H2,(H,27,28)/t15-,16-. The Kier molecular flexibility index (Phi) is 5.08. The van der Waals surface area contributed by atoms with Crippen LogP contribution >= 0.6 is 0 Å². The number of hydrogen-bond donors (Lipinski definition) is 3. The highest BCUT2D eigenvalue weighted by molar-refractivity contribution is 5.94. The molecule has 0 amide bonds. The van der Waals surface area contributed by atoms with Gasteiger partial charge in [0.05, 0.1) is 35.3 Å². The van der Waals surface area contributed by atoms with Crippen LogP contribution in [0.25, 0.3) is 11.3 Å². The minimum Gasteiger partial charge on any atom is -0.478 e. The van der Waals surface area contributed by atoms with E-state index in [1.165, 1.54) is 18.5 Å². The van der Waals surface area contributed by atoms with E-state index in [2.05, 4.69) is 10.3 Å². The molecule has 0 saturated heterocycles. The second-order valence-electron chi connectivity index (χ2n) is 7.04. The van der Waals surface area contributed by atoms with E-state index in [0.717, 1.165) is 42.8 Å². The topological polar surface area (TPSA) is 100 Å². The second kappa shape index (κ2) is 7.82. The number of carboxylic acid groups (broad SMARTS) is 1. The van der Waals surface area contributed by atoms with Crippen molar-refractivity contribution in [2.24, 2.45) is 0 Å². The van der Waals surface area contributed by atoms with Crippen LogP contribution in [-0.2, 0) is 0 Å². The van der Waals surface area contributed by atoms with Gasteiger partial charge in [0.2, 0.25) is 0 Å². The summed E-state index contributed by atoms with van der Waals surface area (Å²) in [6.45, 7) is 0. The van der Waals surface area contributed by atoms with Crippen LogP contribution in [0.3, 0.4) is 0 Å². The molecule has 0 bridgehead atoms. The molecule has 2 heterocycles. The van der Waals surface area contributed by atoms with Gasteiger partial charge in [0.25, 0.3) is 0 Å². The van der Waals surface area contributed by atoms with Crippen LogP contribution in [0.4, 0.5) is 11.5 Å². The van der Waals surface area contributed by atoms with Gasteiger partial charge in [0.15, 0.2) is 0 Å². The number of hydrogen-bond acceptors (Lipinski definition) is 5. The molecule has 28 heavy (non-hydrogen) atoms. The summed E-state index contributed by atoms with van der Waals surface area (Å²) in [6.07, 6.45) is 5.83. The Morgan fingerprint density at radius 2 is 1.86 bits per heavy atom. The van der Waals surface area contributed by atoms with Crippen molar-refractivity contribution in [2.75, 3.05) is 5.32 Å². The Hall–Kier alpha value is -3.19. The van der Waals surface area contributed by atoms with Crippen LogP contribution < -0.4 is 5.32 Å². The molecule has 4 rings (SSSR count). The summed E-state index contributed by atoms with van der Waals surface area (Å²) in [6, 6.07) is 13.4. The van der Waals surface area contributed by atoms with Gasteiger partial charge >= 0.3 is 5.97 Å². The van der Waals surface area contributed by atoms with Crippen LogP contribution in [0.15, 0.2) is 54.9 Å². The van der Waals surface area contributed by atoms with Crippen molar-refractivity contribution < 1.29 is 15.0 Å². The number of carbonyl (C=O) groups is 1. The number of nitrogens with zero attached hydrogens (tertiary/aromatic N) is 3. The lowest BCUT2D eigenvalue weighted by atomic mass is 9.93. The van der Waals surface area contributed by atoms with Crippen LogP contribution in [0.5, 0.6) is 0 Å². The zero-order valence-corrected chi connectivity index (χ0v) is 15.3. The first-order chi connectivity index (χ1) is 13.6. The molecule has 0 aliphatic heterocycles. The van der Waals surface area contributed by atoms with E-state index in [1.807, 2.05) is 41.1 Å². The summed E-state index contributed by atoms with van der Waals surface area (Å²) < 4.78 is 1.92. The molecule has 0 atom stereocenters. The van der Waals surface area contributed by atoms with Gasteiger partial charge in [0.1, 0.15) is 5.82 Å². The molecule has 3 N–H and O–H groups in total. The summed E-state index contributed by atoms with van der Waals surface area (Å²) in [7, 11) is 0. The number of pyridine rings is 1. The molecule has 7 nitrogen and oxygen atoms in total. The van der Waals surface area contributed by atoms with E-state index in [1.54, 1.807) is 0 Å². The highest BCUT2D eigenvalue weighted by Crippen LogP contribution is 2.34. The average Bonchev–Trinajstić information content (AvgIpc) is 3.13. The van der Waals surface area contributed by atoms with E-state index < -0.39 is 5.97 Å². The van der Waals surface area contributed by atoms with Crippen molar-refractivity contribution >= 4 is 17.5 Å². The fourth-order valence-electron chi connectivity index (χ4n) is 3.64. The zero-order valence-electron chi connectivity index (χ0n) is 15.3. The number of nitrogens with one attached hydrogen (secondary N) is 1. The summed E-state index contributed by atoms with van der Waals surface area (Å²) >= 11 is 0. The Balaban J connectivity index is 1.72. The molecule has 0 unspecified atom stereocenters. The average molecular weight is 378 g/mol. The first-order valence-corrected chi connectivity index (χ1v) is 9.39. The number of aromatic nitrogens is 3. The lowest BCUT2D eigenvalue weighted by molar-refractivity contribution is 0.0697. The predicted molar refractivity (Wildman–Crippen MR) is 106 cm³/mol. The quantitative estimate of drug-likeness (QED) is 0.623. The number of aromatic carboxylic acids is 1.